The maximum Gasteiger partial charge on any atom is 0.242 e. The van der Waals surface area contributed by atoms with Crippen molar-refractivity contribution in [1.29, 1.82) is 0 Å². The van der Waals surface area contributed by atoms with Gasteiger partial charge >= 0.3 is 0 Å². The van der Waals surface area contributed by atoms with E-state index in [0.717, 1.165) is 18.5 Å². The summed E-state index contributed by atoms with van der Waals surface area (Å²) in [5.41, 5.74) is 1.05. The van der Waals surface area contributed by atoms with Crippen molar-refractivity contribution in [2.45, 2.75) is 51.5 Å². The molecule has 0 bridgehead atoms. The van der Waals surface area contributed by atoms with Crippen LogP contribution in [0.5, 0.6) is 0 Å². The van der Waals surface area contributed by atoms with E-state index in [4.69, 9.17) is 9.47 Å². The number of rotatable bonds is 14. The third kappa shape index (κ3) is 8.11. The molecule has 1 aliphatic rings. The first-order chi connectivity index (χ1) is 14.5. The summed E-state index contributed by atoms with van der Waals surface area (Å²) in [5, 5.41) is 0. The Bertz CT molecular complexity index is 640. The Morgan fingerprint density at radius 3 is 2.43 bits per heavy atom. The van der Waals surface area contributed by atoms with Crippen LogP contribution in [-0.4, -0.2) is 73.2 Å². The van der Waals surface area contributed by atoms with Crippen molar-refractivity contribution >= 4 is 11.8 Å². The summed E-state index contributed by atoms with van der Waals surface area (Å²) in [4.78, 5) is 29.6. The highest BCUT2D eigenvalue weighted by molar-refractivity contribution is 5.84. The van der Waals surface area contributed by atoms with Crippen molar-refractivity contribution in [3.63, 3.8) is 0 Å². The fraction of sp³-hybridized carbons (Fsp3) is 0.739. The molecule has 170 valence electrons. The van der Waals surface area contributed by atoms with Gasteiger partial charge in [-0.2, -0.15) is 0 Å². The first-order valence-electron chi connectivity index (χ1n) is 11.2. The standard InChI is InChI=1S/C23H39N3O4/c1-24-13-6-10-21(24)18-26(15-17-30-3)23(28)19-25(14-7-16-29-2)22(27)12-11-20-8-4-5-9-20/h6,10,13,20H,4-5,7-9,11-12,14-19H2,1-3H3. The molecule has 0 atom stereocenters. The Morgan fingerprint density at radius 2 is 1.80 bits per heavy atom. The zero-order valence-corrected chi connectivity index (χ0v) is 19.0. The second kappa shape index (κ2) is 13.4. The van der Waals surface area contributed by atoms with E-state index in [1.807, 2.05) is 29.9 Å². The summed E-state index contributed by atoms with van der Waals surface area (Å²) in [6, 6.07) is 3.98. The summed E-state index contributed by atoms with van der Waals surface area (Å²) < 4.78 is 12.4. The number of carbonyl (C=O) groups is 2. The van der Waals surface area contributed by atoms with Gasteiger partial charge in [0.1, 0.15) is 0 Å². The van der Waals surface area contributed by atoms with Crippen LogP contribution < -0.4 is 0 Å². The second-order valence-electron chi connectivity index (χ2n) is 8.27. The fourth-order valence-electron chi connectivity index (χ4n) is 4.09. The second-order valence-corrected chi connectivity index (χ2v) is 8.27. The minimum absolute atomic E-state index is 0.0418. The molecule has 0 spiro atoms. The zero-order chi connectivity index (χ0) is 21.8. The highest BCUT2D eigenvalue weighted by Crippen LogP contribution is 2.28. The van der Waals surface area contributed by atoms with Gasteiger partial charge in [-0.25, -0.2) is 0 Å². The number of hydrogen-bond donors (Lipinski definition) is 0. The molecule has 0 saturated heterocycles. The van der Waals surface area contributed by atoms with Crippen LogP contribution in [0, 0.1) is 5.92 Å². The molecule has 1 aromatic rings. The van der Waals surface area contributed by atoms with Crippen LogP contribution in [0.2, 0.25) is 0 Å². The SMILES string of the molecule is COCCCN(CC(=O)N(CCOC)Cc1cccn1C)C(=O)CCC1CCCC1. The number of nitrogens with zero attached hydrogens (tertiary/aromatic N) is 3. The van der Waals surface area contributed by atoms with Crippen molar-refractivity contribution in [2.24, 2.45) is 13.0 Å². The topological polar surface area (TPSA) is 64.0 Å². The number of aromatic nitrogens is 1. The lowest BCUT2D eigenvalue weighted by molar-refractivity contribution is -0.141. The Labute approximate surface area is 181 Å². The van der Waals surface area contributed by atoms with E-state index >= 15 is 0 Å². The monoisotopic (exact) mass is 421 g/mol. The van der Waals surface area contributed by atoms with Crippen LogP contribution in [0.15, 0.2) is 18.3 Å². The molecular formula is C23H39N3O4. The summed E-state index contributed by atoms with van der Waals surface area (Å²) in [7, 11) is 5.26. The third-order valence-corrected chi connectivity index (χ3v) is 6.02. The molecule has 0 N–H and O–H groups in total. The largest absolute Gasteiger partial charge is 0.385 e. The van der Waals surface area contributed by atoms with Gasteiger partial charge in [0.05, 0.1) is 19.7 Å². The van der Waals surface area contributed by atoms with E-state index in [0.29, 0.717) is 45.2 Å². The van der Waals surface area contributed by atoms with Crippen LogP contribution in [0.1, 0.15) is 50.6 Å². The lowest BCUT2D eigenvalue weighted by atomic mass is 10.0. The molecule has 0 unspecified atom stereocenters. The number of ether oxygens (including phenoxy) is 2. The van der Waals surface area contributed by atoms with Crippen molar-refractivity contribution < 1.29 is 19.1 Å². The Hall–Kier alpha value is -1.86. The predicted octanol–water partition coefficient (Wildman–Crippen LogP) is 2.84. The van der Waals surface area contributed by atoms with Gasteiger partial charge in [-0.05, 0) is 30.9 Å². The molecule has 1 fully saturated rings. The summed E-state index contributed by atoms with van der Waals surface area (Å²) >= 11 is 0. The van der Waals surface area contributed by atoms with Gasteiger partial charge in [0, 0.05) is 59.3 Å². The number of amides is 2. The average Bonchev–Trinajstić information content (AvgIpc) is 3.40. The van der Waals surface area contributed by atoms with E-state index in [9.17, 15) is 9.59 Å². The van der Waals surface area contributed by atoms with E-state index in [1.165, 1.54) is 25.7 Å². The van der Waals surface area contributed by atoms with Gasteiger partial charge < -0.3 is 23.8 Å². The minimum Gasteiger partial charge on any atom is -0.385 e. The molecule has 2 amide bonds. The van der Waals surface area contributed by atoms with E-state index in [-0.39, 0.29) is 18.4 Å². The number of aryl methyl sites for hydroxylation is 1. The van der Waals surface area contributed by atoms with Crippen molar-refractivity contribution in [3.05, 3.63) is 24.0 Å². The lowest BCUT2D eigenvalue weighted by Crippen LogP contribution is -2.44. The van der Waals surface area contributed by atoms with E-state index in [2.05, 4.69) is 0 Å². The smallest absolute Gasteiger partial charge is 0.242 e. The lowest BCUT2D eigenvalue weighted by Gasteiger charge is -2.28. The van der Waals surface area contributed by atoms with E-state index < -0.39 is 0 Å². The molecule has 2 rings (SSSR count). The number of methoxy groups -OCH3 is 2. The number of carbonyl (C=O) groups excluding carboxylic acids is 2. The predicted molar refractivity (Wildman–Crippen MR) is 117 cm³/mol. The molecular weight excluding hydrogens is 382 g/mol. The van der Waals surface area contributed by atoms with E-state index in [1.54, 1.807) is 24.0 Å². The molecule has 1 aromatic heterocycles. The summed E-state index contributed by atoms with van der Waals surface area (Å²) in [6.07, 6.45) is 9.19. The zero-order valence-electron chi connectivity index (χ0n) is 19.0. The molecule has 7 heteroatoms. The van der Waals surface area contributed by atoms with Crippen molar-refractivity contribution in [1.82, 2.24) is 14.4 Å². The van der Waals surface area contributed by atoms with Crippen LogP contribution >= 0.6 is 0 Å². The molecule has 1 aliphatic carbocycles. The van der Waals surface area contributed by atoms with Crippen molar-refractivity contribution in [2.75, 3.05) is 47.1 Å². The molecule has 0 aromatic carbocycles. The minimum atomic E-state index is -0.0418. The van der Waals surface area contributed by atoms with Gasteiger partial charge in [0.25, 0.3) is 0 Å². The fourth-order valence-corrected chi connectivity index (χ4v) is 4.09. The van der Waals surface area contributed by atoms with Crippen LogP contribution in [0.25, 0.3) is 0 Å². The Balaban J connectivity index is 1.98. The quantitative estimate of drug-likeness (QED) is 0.433. The summed E-state index contributed by atoms with van der Waals surface area (Å²) in [5.74, 6) is 0.706. The normalized spacial score (nSPS) is 14.2. The molecule has 1 saturated carbocycles. The van der Waals surface area contributed by atoms with Gasteiger partial charge in [-0.15, -0.1) is 0 Å². The maximum absolute atomic E-state index is 13.1. The molecule has 0 aliphatic heterocycles. The molecule has 0 radical (unpaired) electrons. The molecule has 7 nitrogen and oxygen atoms in total. The highest BCUT2D eigenvalue weighted by atomic mass is 16.5. The maximum atomic E-state index is 13.1. The number of hydrogen-bond acceptors (Lipinski definition) is 4. The molecule has 1 heterocycles. The third-order valence-electron chi connectivity index (χ3n) is 6.02. The summed E-state index contributed by atoms with van der Waals surface area (Å²) in [6.45, 7) is 2.72. The Morgan fingerprint density at radius 1 is 1.07 bits per heavy atom. The van der Waals surface area contributed by atoms with Crippen LogP contribution in [0.3, 0.4) is 0 Å². The average molecular weight is 422 g/mol. The molecule has 30 heavy (non-hydrogen) atoms. The first-order valence-corrected chi connectivity index (χ1v) is 11.2. The van der Waals surface area contributed by atoms with Crippen LogP contribution in [0.4, 0.5) is 0 Å². The van der Waals surface area contributed by atoms with Crippen molar-refractivity contribution in [3.8, 4) is 0 Å². The van der Waals surface area contributed by atoms with Gasteiger partial charge in [0.2, 0.25) is 11.8 Å². The van der Waals surface area contributed by atoms with Gasteiger partial charge in [0.15, 0.2) is 0 Å². The Kier molecular flexibility index (Phi) is 10.9. The van der Waals surface area contributed by atoms with Crippen LogP contribution in [-0.2, 0) is 32.7 Å². The van der Waals surface area contributed by atoms with Gasteiger partial charge in [-0.3, -0.25) is 9.59 Å². The highest BCUT2D eigenvalue weighted by Gasteiger charge is 2.23. The van der Waals surface area contributed by atoms with Gasteiger partial charge in [-0.1, -0.05) is 25.7 Å². The first kappa shape index (κ1) is 24.4.